The van der Waals surface area contributed by atoms with E-state index in [0.29, 0.717) is 25.6 Å². The smallest absolute Gasteiger partial charge is 0.308 e. The van der Waals surface area contributed by atoms with Crippen LogP contribution in [0.15, 0.2) is 11.6 Å². The highest BCUT2D eigenvalue weighted by Gasteiger charge is 2.64. The van der Waals surface area contributed by atoms with Crippen LogP contribution in [0.3, 0.4) is 0 Å². The van der Waals surface area contributed by atoms with Gasteiger partial charge in [0.1, 0.15) is 11.7 Å². The lowest BCUT2D eigenvalue weighted by molar-refractivity contribution is -0.235. The number of aliphatic hydroxyl groups excluding tert-OH is 1. The molecule has 0 radical (unpaired) electrons. The lowest BCUT2D eigenvalue weighted by atomic mass is 9.45. The van der Waals surface area contributed by atoms with Gasteiger partial charge in [-0.1, -0.05) is 19.4 Å². The number of hydrogen-bond acceptors (Lipinski definition) is 10. The molecule has 11 heteroatoms. The Morgan fingerprint density at radius 2 is 1.91 bits per heavy atom. The number of aliphatic hydroxyl groups is 2. The summed E-state index contributed by atoms with van der Waals surface area (Å²) < 4.78 is 23.0. The number of methoxy groups -OCH3 is 1. The summed E-state index contributed by atoms with van der Waals surface area (Å²) in [6.07, 6.45) is 4.26. The molecule has 4 fully saturated rings. The van der Waals surface area contributed by atoms with E-state index in [-0.39, 0.29) is 42.0 Å². The second kappa shape index (κ2) is 12.8. The minimum Gasteiger partial charge on any atom is -0.481 e. The Morgan fingerprint density at radius 3 is 2.55 bits per heavy atom. The summed E-state index contributed by atoms with van der Waals surface area (Å²) in [6, 6.07) is 0. The van der Waals surface area contributed by atoms with Gasteiger partial charge >= 0.3 is 17.9 Å². The first-order chi connectivity index (χ1) is 20.8. The molecule has 2 bridgehead atoms. The highest BCUT2D eigenvalue weighted by Crippen LogP contribution is 2.64. The van der Waals surface area contributed by atoms with Crippen molar-refractivity contribution >= 4 is 23.7 Å². The van der Waals surface area contributed by atoms with Gasteiger partial charge in [-0.15, -0.1) is 0 Å². The third-order valence-electron chi connectivity index (χ3n) is 11.3. The lowest BCUT2D eigenvalue weighted by Crippen LogP contribution is -2.64. The van der Waals surface area contributed by atoms with Gasteiger partial charge in [0.25, 0.3) is 0 Å². The van der Waals surface area contributed by atoms with Crippen LogP contribution >= 0.6 is 0 Å². The molecule has 3 N–H and O–H groups in total. The molecule has 1 saturated heterocycles. The summed E-state index contributed by atoms with van der Waals surface area (Å²) in [7, 11) is 1.19. The van der Waals surface area contributed by atoms with Crippen LogP contribution in [-0.2, 0) is 38.1 Å². The molecule has 5 aliphatic rings. The number of carbonyl (C=O) groups excluding carboxylic acids is 3. The van der Waals surface area contributed by atoms with Gasteiger partial charge in [-0.3, -0.25) is 19.2 Å². The van der Waals surface area contributed by atoms with Crippen LogP contribution in [0.2, 0.25) is 0 Å². The van der Waals surface area contributed by atoms with Crippen LogP contribution in [0.1, 0.15) is 65.7 Å². The Bertz CT molecular complexity index is 1160. The number of carbonyl (C=O) groups is 4. The average molecular weight is 621 g/mol. The number of aliphatic carboxylic acids is 1. The van der Waals surface area contributed by atoms with E-state index in [1.54, 1.807) is 6.08 Å². The Morgan fingerprint density at radius 1 is 1.16 bits per heavy atom. The predicted octanol–water partition coefficient (Wildman–Crippen LogP) is 2.55. The monoisotopic (exact) mass is 620 g/mol. The molecule has 5 rings (SSSR count). The molecule has 0 spiro atoms. The minimum atomic E-state index is -1.88. The van der Waals surface area contributed by atoms with E-state index in [1.807, 2.05) is 0 Å². The van der Waals surface area contributed by atoms with Crippen molar-refractivity contribution < 1.29 is 53.4 Å². The number of carboxylic acid groups (broad SMARTS) is 1. The molecule has 3 saturated carbocycles. The van der Waals surface area contributed by atoms with Crippen LogP contribution in [0.5, 0.6) is 0 Å². The Hall–Kier alpha value is -2.34. The molecule has 0 amide bonds. The fourth-order valence-electron chi connectivity index (χ4n) is 9.72. The maximum atomic E-state index is 14.0. The SMILES string of the molecule is COC(=O)CC(O)(CO)CO[C@@H]1C2COC[C@@]3(C[C@H]1OC(C)=O)C1=CC(=O)C4C(CCC(CC(C)C)C4C(=O)O)C1CCC23. The number of ketones is 1. The van der Waals surface area contributed by atoms with E-state index in [2.05, 4.69) is 18.6 Å². The van der Waals surface area contributed by atoms with Gasteiger partial charge in [-0.05, 0) is 74.2 Å². The number of allylic oxidation sites excluding steroid dienone is 1. The predicted molar refractivity (Wildman–Crippen MR) is 155 cm³/mol. The molecular weight excluding hydrogens is 572 g/mol. The van der Waals surface area contributed by atoms with Gasteiger partial charge in [-0.2, -0.15) is 0 Å². The summed E-state index contributed by atoms with van der Waals surface area (Å²) in [4.78, 5) is 50.8. The van der Waals surface area contributed by atoms with Gasteiger partial charge in [0.05, 0.1) is 52.0 Å². The Labute approximate surface area is 258 Å². The molecule has 1 heterocycles. The van der Waals surface area contributed by atoms with Crippen molar-refractivity contribution in [3.63, 3.8) is 0 Å². The second-order valence-electron chi connectivity index (χ2n) is 14.4. The molecular formula is C33H48O11. The van der Waals surface area contributed by atoms with Crippen LogP contribution in [0, 0.1) is 52.8 Å². The normalized spacial score (nSPS) is 39.2. The van der Waals surface area contributed by atoms with Crippen molar-refractivity contribution in [2.45, 2.75) is 83.5 Å². The maximum Gasteiger partial charge on any atom is 0.308 e. The maximum absolute atomic E-state index is 14.0. The lowest BCUT2D eigenvalue weighted by Gasteiger charge is -2.63. The van der Waals surface area contributed by atoms with Crippen molar-refractivity contribution in [3.8, 4) is 0 Å². The Balaban J connectivity index is 1.46. The summed E-state index contributed by atoms with van der Waals surface area (Å²) in [6.45, 7) is 5.11. The summed E-state index contributed by atoms with van der Waals surface area (Å²) in [5.74, 6) is -3.28. The number of rotatable bonds is 10. The van der Waals surface area contributed by atoms with E-state index in [0.717, 1.165) is 37.7 Å². The van der Waals surface area contributed by atoms with Crippen molar-refractivity contribution in [2.75, 3.05) is 33.5 Å². The first kappa shape index (κ1) is 33.0. The van der Waals surface area contributed by atoms with Crippen molar-refractivity contribution in [1.82, 2.24) is 0 Å². The topological polar surface area (TPSA) is 166 Å². The standard InChI is InChI=1S/C33H48O11/c1-17(2)9-19-5-6-21-20-7-8-23-22-13-42-16-33(23,24(20)10-25(36)29(21)28(19)31(38)39)11-26(44-18(3)35)30(22)43-15-32(40,14-34)12-27(37)41-4/h10,17,19-23,26,28-30,34,40H,5-9,11-16H2,1-4H3,(H,38,39)/t19?,20?,21?,22?,23?,26-,28?,29?,30-,32?,33-/m1/s1. The molecule has 1 aliphatic heterocycles. The molecule has 4 aliphatic carbocycles. The van der Waals surface area contributed by atoms with Crippen LogP contribution < -0.4 is 0 Å². The number of ether oxygens (including phenoxy) is 4. The molecule has 8 unspecified atom stereocenters. The highest BCUT2D eigenvalue weighted by atomic mass is 16.6. The largest absolute Gasteiger partial charge is 0.481 e. The third-order valence-corrected chi connectivity index (χ3v) is 11.3. The van der Waals surface area contributed by atoms with Crippen LogP contribution in [0.25, 0.3) is 0 Å². The van der Waals surface area contributed by atoms with E-state index in [1.165, 1.54) is 14.0 Å². The average Bonchev–Trinajstić information content (AvgIpc) is 2.95. The fraction of sp³-hybridized carbons (Fsp3) is 0.818. The number of fused-ring (bicyclic) bond motifs is 3. The first-order valence-electron chi connectivity index (χ1n) is 16.1. The summed E-state index contributed by atoms with van der Waals surface area (Å²) in [5, 5.41) is 31.1. The quantitative estimate of drug-likeness (QED) is 0.307. The zero-order valence-corrected chi connectivity index (χ0v) is 26.2. The summed E-state index contributed by atoms with van der Waals surface area (Å²) in [5.41, 5.74) is -1.44. The molecule has 11 atom stereocenters. The van der Waals surface area contributed by atoms with E-state index >= 15 is 0 Å². The number of carboxylic acids is 1. The molecule has 11 nitrogen and oxygen atoms in total. The fourth-order valence-corrected chi connectivity index (χ4v) is 9.72. The number of hydrogen-bond donors (Lipinski definition) is 3. The molecule has 0 aromatic heterocycles. The Kier molecular flexibility index (Phi) is 9.62. The molecule has 0 aromatic carbocycles. The van der Waals surface area contributed by atoms with Crippen LogP contribution in [-0.4, -0.2) is 90.4 Å². The zero-order chi connectivity index (χ0) is 32.0. The number of esters is 2. The highest BCUT2D eigenvalue weighted by molar-refractivity contribution is 5.97. The van der Waals surface area contributed by atoms with E-state index in [4.69, 9.17) is 14.2 Å². The van der Waals surface area contributed by atoms with Gasteiger partial charge in [0, 0.05) is 24.2 Å². The third kappa shape index (κ3) is 5.97. The molecule has 44 heavy (non-hydrogen) atoms. The van der Waals surface area contributed by atoms with Gasteiger partial charge in [0.15, 0.2) is 5.78 Å². The van der Waals surface area contributed by atoms with E-state index < -0.39 is 66.0 Å². The van der Waals surface area contributed by atoms with Crippen molar-refractivity contribution in [1.29, 1.82) is 0 Å². The molecule has 0 aromatic rings. The van der Waals surface area contributed by atoms with E-state index in [9.17, 15) is 34.5 Å². The van der Waals surface area contributed by atoms with Gasteiger partial charge in [0.2, 0.25) is 0 Å². The second-order valence-corrected chi connectivity index (χ2v) is 14.4. The minimum absolute atomic E-state index is 0.0257. The zero-order valence-electron chi connectivity index (χ0n) is 26.2. The van der Waals surface area contributed by atoms with Crippen molar-refractivity contribution in [3.05, 3.63) is 11.6 Å². The van der Waals surface area contributed by atoms with Gasteiger partial charge < -0.3 is 34.3 Å². The van der Waals surface area contributed by atoms with Gasteiger partial charge in [-0.25, -0.2) is 0 Å². The van der Waals surface area contributed by atoms with Crippen molar-refractivity contribution in [2.24, 2.45) is 52.8 Å². The first-order valence-corrected chi connectivity index (χ1v) is 16.1. The molecule has 246 valence electrons. The van der Waals surface area contributed by atoms with Crippen LogP contribution in [0.4, 0.5) is 0 Å². The summed E-state index contributed by atoms with van der Waals surface area (Å²) >= 11 is 0.